The molecule has 0 fully saturated rings. The van der Waals surface area contributed by atoms with Crippen LogP contribution in [-0.4, -0.2) is 74.2 Å². The number of benzene rings is 2. The molecule has 1 aliphatic rings. The van der Waals surface area contributed by atoms with Crippen molar-refractivity contribution in [1.29, 1.82) is 0 Å². The minimum absolute atomic E-state index is 0.0220. The van der Waals surface area contributed by atoms with Crippen molar-refractivity contribution < 1.29 is 24.3 Å². The highest BCUT2D eigenvalue weighted by atomic mass is 16.4. The van der Waals surface area contributed by atoms with Crippen LogP contribution >= 0.6 is 0 Å². The Labute approximate surface area is 215 Å². The van der Waals surface area contributed by atoms with Crippen LogP contribution < -0.4 is 32.3 Å². The number of nitrogens with one attached hydrogen (secondary N) is 5. The van der Waals surface area contributed by atoms with E-state index in [4.69, 9.17) is 10.8 Å². The molecular formula is C26H34N6O5. The summed E-state index contributed by atoms with van der Waals surface area (Å²) in [6.07, 6.45) is -0.269. The second-order valence-corrected chi connectivity index (χ2v) is 8.74. The SMILES string of the molecule is NC(=O)C[C@H](NC(=O)NCC1c2ccccc2-c2ccccc21)C(=O)NCCNCCNCCC(=O)O. The van der Waals surface area contributed by atoms with Gasteiger partial charge in [0.25, 0.3) is 0 Å². The Morgan fingerprint density at radius 2 is 1.38 bits per heavy atom. The molecule has 0 aromatic heterocycles. The van der Waals surface area contributed by atoms with Crippen molar-refractivity contribution in [1.82, 2.24) is 26.6 Å². The number of hydrogen-bond donors (Lipinski definition) is 7. The fourth-order valence-electron chi connectivity index (χ4n) is 4.31. The molecule has 11 nitrogen and oxygen atoms in total. The number of carboxylic acid groups (broad SMARTS) is 1. The molecule has 2 aromatic rings. The summed E-state index contributed by atoms with van der Waals surface area (Å²) < 4.78 is 0. The highest BCUT2D eigenvalue weighted by Crippen LogP contribution is 2.43. The lowest BCUT2D eigenvalue weighted by Crippen LogP contribution is -2.52. The van der Waals surface area contributed by atoms with Crippen LogP contribution in [0.4, 0.5) is 4.79 Å². The highest BCUT2D eigenvalue weighted by Gasteiger charge is 2.29. The Bertz CT molecular complexity index is 1060. The van der Waals surface area contributed by atoms with E-state index in [-0.39, 0.29) is 25.3 Å². The molecule has 2 aromatic carbocycles. The van der Waals surface area contributed by atoms with E-state index in [2.05, 4.69) is 38.7 Å². The Morgan fingerprint density at radius 1 is 0.811 bits per heavy atom. The lowest BCUT2D eigenvalue weighted by atomic mass is 9.97. The van der Waals surface area contributed by atoms with E-state index in [9.17, 15) is 19.2 Å². The summed E-state index contributed by atoms with van der Waals surface area (Å²) in [5.41, 5.74) is 9.82. The van der Waals surface area contributed by atoms with Gasteiger partial charge < -0.3 is 37.4 Å². The molecule has 11 heteroatoms. The molecule has 0 radical (unpaired) electrons. The predicted octanol–water partition coefficient (Wildman–Crippen LogP) is 0.112. The van der Waals surface area contributed by atoms with Gasteiger partial charge in [0, 0.05) is 45.2 Å². The average Bonchev–Trinajstić information content (AvgIpc) is 3.19. The summed E-state index contributed by atoms with van der Waals surface area (Å²) in [6.45, 7) is 2.63. The first-order valence-corrected chi connectivity index (χ1v) is 12.3. The topological polar surface area (TPSA) is 175 Å². The standard InChI is InChI=1S/C26H34N6O5/c27-23(33)15-22(25(36)30-14-13-29-12-11-28-10-9-24(34)35)32-26(37)31-16-21-19-7-3-1-5-17(19)18-6-2-4-8-20(18)21/h1-8,21-22,28-29H,9-16H2,(H2,27,33)(H,30,36)(H,34,35)(H2,31,32,37)/t22-/m0/s1. The normalized spacial score (nSPS) is 12.8. The van der Waals surface area contributed by atoms with Crippen LogP contribution in [0.3, 0.4) is 0 Å². The fraction of sp³-hybridized carbons (Fsp3) is 0.385. The second kappa shape index (κ2) is 14.0. The van der Waals surface area contributed by atoms with Gasteiger partial charge in [-0.3, -0.25) is 14.4 Å². The molecule has 0 aliphatic heterocycles. The third kappa shape index (κ3) is 8.29. The zero-order valence-corrected chi connectivity index (χ0v) is 20.6. The summed E-state index contributed by atoms with van der Waals surface area (Å²) >= 11 is 0. The van der Waals surface area contributed by atoms with Crippen LogP contribution in [0.15, 0.2) is 48.5 Å². The lowest BCUT2D eigenvalue weighted by molar-refractivity contribution is -0.136. The van der Waals surface area contributed by atoms with Crippen LogP contribution in [0.1, 0.15) is 29.9 Å². The van der Waals surface area contributed by atoms with E-state index < -0.39 is 29.9 Å². The van der Waals surface area contributed by atoms with Gasteiger partial charge in [0.15, 0.2) is 0 Å². The molecule has 1 atom stereocenters. The number of aliphatic carboxylic acids is 1. The van der Waals surface area contributed by atoms with Gasteiger partial charge in [0.05, 0.1) is 12.8 Å². The average molecular weight is 511 g/mol. The van der Waals surface area contributed by atoms with Gasteiger partial charge in [-0.15, -0.1) is 0 Å². The van der Waals surface area contributed by atoms with E-state index >= 15 is 0 Å². The molecule has 0 heterocycles. The van der Waals surface area contributed by atoms with Gasteiger partial charge in [-0.2, -0.15) is 0 Å². The molecular weight excluding hydrogens is 476 g/mol. The van der Waals surface area contributed by atoms with Crippen LogP contribution in [0.25, 0.3) is 11.1 Å². The first-order valence-electron chi connectivity index (χ1n) is 12.3. The number of hydrogen-bond acceptors (Lipinski definition) is 6. The molecule has 0 bridgehead atoms. The summed E-state index contributed by atoms with van der Waals surface area (Å²) in [6, 6.07) is 14.5. The van der Waals surface area contributed by atoms with Crippen LogP contribution in [0, 0.1) is 0 Å². The predicted molar refractivity (Wildman–Crippen MR) is 139 cm³/mol. The Hall–Kier alpha value is -3.96. The van der Waals surface area contributed by atoms with Crippen LogP contribution in [-0.2, 0) is 14.4 Å². The quantitative estimate of drug-likeness (QED) is 0.166. The van der Waals surface area contributed by atoms with Crippen LogP contribution in [0.5, 0.6) is 0 Å². The summed E-state index contributed by atoms with van der Waals surface area (Å²) in [4.78, 5) is 47.2. The van der Waals surface area contributed by atoms with Crippen molar-refractivity contribution in [2.24, 2.45) is 5.73 Å². The number of nitrogens with two attached hydrogens (primary N) is 1. The first-order chi connectivity index (χ1) is 17.9. The molecule has 0 saturated carbocycles. The molecule has 0 spiro atoms. The Morgan fingerprint density at radius 3 is 1.97 bits per heavy atom. The summed E-state index contributed by atoms with van der Waals surface area (Å²) in [5, 5.41) is 22.8. The number of carbonyl (C=O) groups is 4. The molecule has 0 saturated heterocycles. The molecule has 3 rings (SSSR count). The maximum Gasteiger partial charge on any atom is 0.315 e. The van der Waals surface area contributed by atoms with Crippen molar-refractivity contribution in [3.8, 4) is 11.1 Å². The third-order valence-corrected chi connectivity index (χ3v) is 6.05. The Balaban J connectivity index is 1.44. The van der Waals surface area contributed by atoms with Crippen molar-refractivity contribution in [2.75, 3.05) is 39.3 Å². The molecule has 8 N–H and O–H groups in total. The number of carboxylic acids is 1. The van der Waals surface area contributed by atoms with Crippen molar-refractivity contribution in [3.05, 3.63) is 59.7 Å². The number of primary amides is 1. The number of amides is 4. The number of rotatable bonds is 15. The smallest absolute Gasteiger partial charge is 0.315 e. The fourth-order valence-corrected chi connectivity index (χ4v) is 4.31. The molecule has 0 unspecified atom stereocenters. The van der Waals surface area contributed by atoms with Gasteiger partial charge in [-0.05, 0) is 22.3 Å². The zero-order chi connectivity index (χ0) is 26.6. The maximum absolute atomic E-state index is 12.7. The van der Waals surface area contributed by atoms with E-state index in [0.717, 1.165) is 22.3 Å². The number of fused-ring (bicyclic) bond motifs is 3. The van der Waals surface area contributed by atoms with Crippen molar-refractivity contribution >= 4 is 23.8 Å². The van der Waals surface area contributed by atoms with E-state index in [1.807, 2.05) is 36.4 Å². The van der Waals surface area contributed by atoms with Crippen molar-refractivity contribution in [3.63, 3.8) is 0 Å². The maximum atomic E-state index is 12.7. The third-order valence-electron chi connectivity index (χ3n) is 6.05. The van der Waals surface area contributed by atoms with Gasteiger partial charge in [0.1, 0.15) is 6.04 Å². The largest absolute Gasteiger partial charge is 0.481 e. The van der Waals surface area contributed by atoms with Gasteiger partial charge in [-0.1, -0.05) is 48.5 Å². The molecule has 4 amide bonds. The van der Waals surface area contributed by atoms with Gasteiger partial charge in [-0.25, -0.2) is 4.79 Å². The monoisotopic (exact) mass is 510 g/mol. The van der Waals surface area contributed by atoms with Crippen LogP contribution in [0.2, 0.25) is 0 Å². The van der Waals surface area contributed by atoms with Crippen molar-refractivity contribution in [2.45, 2.75) is 24.8 Å². The number of carbonyl (C=O) groups excluding carboxylic acids is 3. The minimum atomic E-state index is -1.10. The second-order valence-electron chi connectivity index (χ2n) is 8.74. The van der Waals surface area contributed by atoms with E-state index in [1.165, 1.54) is 0 Å². The minimum Gasteiger partial charge on any atom is -0.481 e. The van der Waals surface area contributed by atoms with Gasteiger partial charge >= 0.3 is 12.0 Å². The molecule has 1 aliphatic carbocycles. The van der Waals surface area contributed by atoms with E-state index in [1.54, 1.807) is 0 Å². The first kappa shape index (κ1) is 27.6. The highest BCUT2D eigenvalue weighted by molar-refractivity contribution is 5.91. The molecule has 37 heavy (non-hydrogen) atoms. The zero-order valence-electron chi connectivity index (χ0n) is 20.6. The van der Waals surface area contributed by atoms with E-state index in [0.29, 0.717) is 32.7 Å². The number of urea groups is 1. The Kier molecular flexibility index (Phi) is 10.4. The lowest BCUT2D eigenvalue weighted by Gasteiger charge is -2.19. The summed E-state index contributed by atoms with van der Waals surface area (Å²) in [5.74, 6) is -2.09. The summed E-state index contributed by atoms with van der Waals surface area (Å²) in [7, 11) is 0. The van der Waals surface area contributed by atoms with Gasteiger partial charge in [0.2, 0.25) is 11.8 Å². The molecule has 198 valence electrons.